The minimum absolute atomic E-state index is 1.23. The van der Waals surface area contributed by atoms with Crippen molar-refractivity contribution in [2.24, 2.45) is 0 Å². The molecule has 0 nitrogen and oxygen atoms in total. The van der Waals surface area contributed by atoms with Crippen molar-refractivity contribution in [1.82, 2.24) is 0 Å². The molecule has 0 aliphatic rings. The molecule has 0 aliphatic carbocycles. The van der Waals surface area contributed by atoms with Gasteiger partial charge in [-0.1, -0.05) is 115 Å². The van der Waals surface area contributed by atoms with Crippen LogP contribution in [0.1, 0.15) is 103 Å². The highest BCUT2D eigenvalue weighted by Crippen LogP contribution is 2.13. The van der Waals surface area contributed by atoms with Crippen molar-refractivity contribution in [3.8, 4) is 0 Å². The molecule has 20 heavy (non-hydrogen) atoms. The molecule has 0 heterocycles. The molecule has 0 unspecified atom stereocenters. The lowest BCUT2D eigenvalue weighted by atomic mass is 10.0. The average Bonchev–Trinajstić information content (AvgIpc) is 2.47. The Morgan fingerprint density at radius 2 is 1.00 bits per heavy atom. The van der Waals surface area contributed by atoms with Crippen LogP contribution < -0.4 is 0 Å². The van der Waals surface area contributed by atoms with E-state index in [4.69, 9.17) is 0 Å². The van der Waals surface area contributed by atoms with Crippen LogP contribution in [0.4, 0.5) is 0 Å². The van der Waals surface area contributed by atoms with Crippen molar-refractivity contribution in [2.45, 2.75) is 103 Å². The summed E-state index contributed by atoms with van der Waals surface area (Å²) in [7, 11) is 0. The van der Waals surface area contributed by atoms with Crippen LogP contribution in [0.2, 0.25) is 0 Å². The third kappa shape index (κ3) is 17.5. The SMILES string of the molecule is C=C/C=C/CCCCCCCCCCCCCCCC. The summed E-state index contributed by atoms with van der Waals surface area (Å²) < 4.78 is 0. The molecule has 0 amide bonds. The van der Waals surface area contributed by atoms with Gasteiger partial charge in [-0.3, -0.25) is 0 Å². The van der Waals surface area contributed by atoms with E-state index in [9.17, 15) is 0 Å². The molecule has 0 aromatic heterocycles. The van der Waals surface area contributed by atoms with Crippen molar-refractivity contribution in [2.75, 3.05) is 0 Å². The largest absolute Gasteiger partial charge is 0.0991 e. The Morgan fingerprint density at radius 3 is 1.40 bits per heavy atom. The number of allylic oxidation sites excluding steroid dienone is 3. The smallest absolute Gasteiger partial charge is 0.0348 e. The zero-order valence-electron chi connectivity index (χ0n) is 14.0. The molecular formula is C20H38. The second-order valence-corrected chi connectivity index (χ2v) is 6.05. The van der Waals surface area contributed by atoms with Crippen LogP contribution in [0.15, 0.2) is 24.8 Å². The van der Waals surface area contributed by atoms with Gasteiger partial charge in [0.2, 0.25) is 0 Å². The Balaban J connectivity index is 2.95. The van der Waals surface area contributed by atoms with E-state index in [1.54, 1.807) is 0 Å². The van der Waals surface area contributed by atoms with E-state index in [1.807, 2.05) is 6.08 Å². The maximum Gasteiger partial charge on any atom is -0.0348 e. The minimum atomic E-state index is 1.23. The van der Waals surface area contributed by atoms with E-state index < -0.39 is 0 Å². The first-order valence-electron chi connectivity index (χ1n) is 9.19. The maximum atomic E-state index is 3.68. The second-order valence-electron chi connectivity index (χ2n) is 6.05. The fraction of sp³-hybridized carbons (Fsp3) is 0.800. The van der Waals surface area contributed by atoms with Crippen molar-refractivity contribution in [3.63, 3.8) is 0 Å². The average molecular weight is 279 g/mol. The van der Waals surface area contributed by atoms with Crippen LogP contribution >= 0.6 is 0 Å². The van der Waals surface area contributed by atoms with Gasteiger partial charge in [0.1, 0.15) is 0 Å². The summed E-state index contributed by atoms with van der Waals surface area (Å²) in [5.74, 6) is 0. The van der Waals surface area contributed by atoms with Gasteiger partial charge in [-0.05, 0) is 12.8 Å². The van der Waals surface area contributed by atoms with E-state index in [1.165, 1.54) is 96.3 Å². The molecular weight excluding hydrogens is 240 g/mol. The van der Waals surface area contributed by atoms with Gasteiger partial charge in [-0.25, -0.2) is 0 Å². The standard InChI is InChI=1S/C20H38/c1-3-5-7-9-11-13-15-17-19-20-18-16-14-12-10-8-6-4-2/h3,5,7H,1,4,6,8-20H2,2H3/b7-5+. The van der Waals surface area contributed by atoms with Crippen LogP contribution in [-0.2, 0) is 0 Å². The zero-order chi connectivity index (χ0) is 14.7. The van der Waals surface area contributed by atoms with Crippen LogP contribution in [0.3, 0.4) is 0 Å². The fourth-order valence-corrected chi connectivity index (χ4v) is 2.65. The van der Waals surface area contributed by atoms with E-state index in [0.29, 0.717) is 0 Å². The van der Waals surface area contributed by atoms with Crippen LogP contribution in [0.25, 0.3) is 0 Å². The highest BCUT2D eigenvalue weighted by atomic mass is 14.0. The molecule has 0 saturated carbocycles. The van der Waals surface area contributed by atoms with Crippen molar-refractivity contribution < 1.29 is 0 Å². The van der Waals surface area contributed by atoms with Crippen LogP contribution in [-0.4, -0.2) is 0 Å². The molecule has 0 saturated heterocycles. The third-order valence-electron chi connectivity index (χ3n) is 4.00. The molecule has 0 atom stereocenters. The molecule has 0 aromatic carbocycles. The topological polar surface area (TPSA) is 0 Å². The molecule has 0 spiro atoms. The molecule has 118 valence electrons. The predicted octanol–water partition coefficient (Wildman–Crippen LogP) is 7.60. The molecule has 0 heteroatoms. The first-order chi connectivity index (χ1) is 9.91. The Hall–Kier alpha value is -0.520. The summed E-state index contributed by atoms with van der Waals surface area (Å²) in [4.78, 5) is 0. The Kier molecular flexibility index (Phi) is 18.0. The Morgan fingerprint density at radius 1 is 0.600 bits per heavy atom. The molecule has 0 N–H and O–H groups in total. The van der Waals surface area contributed by atoms with Gasteiger partial charge in [0.15, 0.2) is 0 Å². The zero-order valence-corrected chi connectivity index (χ0v) is 14.0. The van der Waals surface area contributed by atoms with Gasteiger partial charge in [-0.2, -0.15) is 0 Å². The van der Waals surface area contributed by atoms with E-state index in [0.717, 1.165) is 0 Å². The summed E-state index contributed by atoms with van der Waals surface area (Å²) >= 11 is 0. The van der Waals surface area contributed by atoms with E-state index >= 15 is 0 Å². The van der Waals surface area contributed by atoms with E-state index in [2.05, 4.69) is 25.7 Å². The lowest BCUT2D eigenvalue weighted by Gasteiger charge is -2.02. The summed E-state index contributed by atoms with van der Waals surface area (Å²) in [6.45, 7) is 5.97. The molecule has 0 rings (SSSR count). The summed E-state index contributed by atoms with van der Waals surface area (Å²) in [5.41, 5.74) is 0. The van der Waals surface area contributed by atoms with Crippen LogP contribution in [0.5, 0.6) is 0 Å². The van der Waals surface area contributed by atoms with Gasteiger partial charge >= 0.3 is 0 Å². The molecule has 0 bridgehead atoms. The molecule has 0 aliphatic heterocycles. The number of unbranched alkanes of at least 4 members (excludes halogenated alkanes) is 14. The Bertz CT molecular complexity index is 202. The monoisotopic (exact) mass is 278 g/mol. The minimum Gasteiger partial charge on any atom is -0.0991 e. The lowest BCUT2D eigenvalue weighted by molar-refractivity contribution is 0.536. The maximum absolute atomic E-state index is 3.68. The van der Waals surface area contributed by atoms with Gasteiger partial charge in [0.05, 0.1) is 0 Å². The van der Waals surface area contributed by atoms with Crippen molar-refractivity contribution in [1.29, 1.82) is 0 Å². The third-order valence-corrected chi connectivity index (χ3v) is 4.00. The number of hydrogen-bond acceptors (Lipinski definition) is 0. The molecule has 0 fully saturated rings. The van der Waals surface area contributed by atoms with Crippen molar-refractivity contribution in [3.05, 3.63) is 24.8 Å². The summed E-state index contributed by atoms with van der Waals surface area (Å²) in [6.07, 6.45) is 27.5. The lowest BCUT2D eigenvalue weighted by Crippen LogP contribution is -1.83. The normalized spacial score (nSPS) is 11.2. The Labute approximate surface area is 128 Å². The highest BCUT2D eigenvalue weighted by molar-refractivity contribution is 4.96. The second kappa shape index (κ2) is 18.5. The van der Waals surface area contributed by atoms with Gasteiger partial charge in [0, 0.05) is 0 Å². The number of hydrogen-bond donors (Lipinski definition) is 0. The number of rotatable bonds is 16. The highest BCUT2D eigenvalue weighted by Gasteiger charge is 1.93. The van der Waals surface area contributed by atoms with Crippen molar-refractivity contribution >= 4 is 0 Å². The molecule has 0 aromatic rings. The molecule has 0 radical (unpaired) electrons. The summed E-state index contributed by atoms with van der Waals surface area (Å²) in [6, 6.07) is 0. The first kappa shape index (κ1) is 19.5. The summed E-state index contributed by atoms with van der Waals surface area (Å²) in [5, 5.41) is 0. The van der Waals surface area contributed by atoms with Crippen LogP contribution in [0, 0.1) is 0 Å². The van der Waals surface area contributed by atoms with Gasteiger partial charge in [0.25, 0.3) is 0 Å². The van der Waals surface area contributed by atoms with Gasteiger partial charge < -0.3 is 0 Å². The fourth-order valence-electron chi connectivity index (χ4n) is 2.65. The first-order valence-corrected chi connectivity index (χ1v) is 9.19. The quantitative estimate of drug-likeness (QED) is 0.201. The van der Waals surface area contributed by atoms with E-state index in [-0.39, 0.29) is 0 Å². The van der Waals surface area contributed by atoms with Gasteiger partial charge in [-0.15, -0.1) is 0 Å². The predicted molar refractivity (Wildman–Crippen MR) is 94.3 cm³/mol.